The van der Waals surface area contributed by atoms with Gasteiger partial charge < -0.3 is 30.3 Å². The summed E-state index contributed by atoms with van der Waals surface area (Å²) >= 11 is 0. The van der Waals surface area contributed by atoms with Gasteiger partial charge >= 0.3 is 6.03 Å². The van der Waals surface area contributed by atoms with E-state index in [2.05, 4.69) is 15.6 Å². The molecule has 0 radical (unpaired) electrons. The molecule has 2 atom stereocenters. The van der Waals surface area contributed by atoms with E-state index in [1.807, 2.05) is 85.5 Å². The normalized spacial score (nSPS) is 16.7. The van der Waals surface area contributed by atoms with E-state index in [1.165, 1.54) is 12.1 Å². The number of urea groups is 1. The highest BCUT2D eigenvalue weighted by Gasteiger charge is 2.33. The van der Waals surface area contributed by atoms with E-state index in [0.29, 0.717) is 44.0 Å². The number of nitrogens with one attached hydrogen (secondary N) is 3. The maximum absolute atomic E-state index is 14.4. The summed E-state index contributed by atoms with van der Waals surface area (Å²) in [5.41, 5.74) is 4.78. The molecule has 3 aromatic carbocycles. The number of benzene rings is 3. The van der Waals surface area contributed by atoms with Crippen molar-refractivity contribution in [3.8, 4) is 0 Å². The van der Waals surface area contributed by atoms with Crippen LogP contribution < -0.4 is 10.6 Å². The zero-order valence-electron chi connectivity index (χ0n) is 28.0. The van der Waals surface area contributed by atoms with E-state index in [1.54, 1.807) is 11.0 Å². The van der Waals surface area contributed by atoms with Crippen LogP contribution in [0.15, 0.2) is 72.9 Å². The summed E-state index contributed by atoms with van der Waals surface area (Å²) in [5.74, 6) is -0.918. The Balaban J connectivity index is 1.26. The molecule has 0 spiro atoms. The summed E-state index contributed by atoms with van der Waals surface area (Å²) in [5, 5.41) is 7.14. The van der Waals surface area contributed by atoms with Crippen LogP contribution in [0.5, 0.6) is 0 Å². The Morgan fingerprint density at radius 1 is 0.938 bits per heavy atom. The number of amides is 4. The first-order valence-electron chi connectivity index (χ1n) is 16.9. The Hall–Kier alpha value is -4.70. The van der Waals surface area contributed by atoms with E-state index in [4.69, 9.17) is 0 Å². The van der Waals surface area contributed by atoms with E-state index in [9.17, 15) is 18.8 Å². The van der Waals surface area contributed by atoms with Crippen molar-refractivity contribution < 1.29 is 18.8 Å². The van der Waals surface area contributed by atoms with Crippen LogP contribution in [0.25, 0.3) is 10.9 Å². The van der Waals surface area contributed by atoms with Gasteiger partial charge in [-0.2, -0.15) is 0 Å². The van der Waals surface area contributed by atoms with Crippen LogP contribution >= 0.6 is 0 Å². The van der Waals surface area contributed by atoms with Crippen LogP contribution in [0.2, 0.25) is 0 Å². The quantitative estimate of drug-likeness (QED) is 0.198. The summed E-state index contributed by atoms with van der Waals surface area (Å²) in [7, 11) is 3.94. The number of halogens is 1. The molecule has 0 bridgehead atoms. The maximum atomic E-state index is 14.4. The molecule has 1 aromatic heterocycles. The lowest BCUT2D eigenvalue weighted by molar-refractivity contribution is -0.118. The monoisotopic (exact) mass is 652 g/mol. The molecule has 4 amide bonds. The molecule has 6 rings (SSSR count). The second-order valence-corrected chi connectivity index (χ2v) is 13.4. The number of fused-ring (bicyclic) bond motifs is 1. The van der Waals surface area contributed by atoms with Crippen LogP contribution in [0.3, 0.4) is 0 Å². The molecular weight excluding hydrogens is 607 g/mol. The number of H-pyrrole nitrogens is 1. The molecule has 2 saturated heterocycles. The highest BCUT2D eigenvalue weighted by molar-refractivity contribution is 6.06. The van der Waals surface area contributed by atoms with Gasteiger partial charge in [-0.15, -0.1) is 0 Å². The fourth-order valence-electron chi connectivity index (χ4n) is 7.09. The SMILES string of the molecule is C[C@H](c1c[nH]c2ccccc12)[C@@H](NC(=O)N1CCC(c2ccc(F)cc2)CC1)C(=O)Nc1cc(CN(C)C)ccc1C(=O)N1CCCC1. The number of hydrogen-bond acceptors (Lipinski definition) is 4. The number of hydrogen-bond donors (Lipinski definition) is 3. The van der Waals surface area contributed by atoms with Gasteiger partial charge in [-0.25, -0.2) is 9.18 Å². The van der Waals surface area contributed by atoms with Gasteiger partial charge in [0.25, 0.3) is 5.91 Å². The Bertz CT molecular complexity index is 1760. The van der Waals surface area contributed by atoms with Crippen molar-refractivity contribution in [1.29, 1.82) is 0 Å². The predicted molar refractivity (Wildman–Crippen MR) is 187 cm³/mol. The van der Waals surface area contributed by atoms with Crippen LogP contribution in [0, 0.1) is 5.82 Å². The zero-order chi connectivity index (χ0) is 33.8. The smallest absolute Gasteiger partial charge is 0.318 e. The number of aromatic nitrogens is 1. The third-order valence-electron chi connectivity index (χ3n) is 9.76. The van der Waals surface area contributed by atoms with Crippen molar-refractivity contribution in [3.63, 3.8) is 0 Å². The van der Waals surface area contributed by atoms with E-state index in [-0.39, 0.29) is 29.6 Å². The van der Waals surface area contributed by atoms with Crippen molar-refractivity contribution in [3.05, 3.63) is 101 Å². The fraction of sp³-hybridized carbons (Fsp3) is 0.395. The van der Waals surface area contributed by atoms with Crippen molar-refractivity contribution in [2.24, 2.45) is 0 Å². The second-order valence-electron chi connectivity index (χ2n) is 13.4. The minimum atomic E-state index is -0.932. The molecule has 0 aliphatic carbocycles. The Labute approximate surface area is 281 Å². The molecule has 10 heteroatoms. The zero-order valence-corrected chi connectivity index (χ0v) is 28.0. The van der Waals surface area contributed by atoms with E-state index in [0.717, 1.165) is 53.3 Å². The van der Waals surface area contributed by atoms with Crippen molar-refractivity contribution in [2.75, 3.05) is 45.6 Å². The first-order valence-corrected chi connectivity index (χ1v) is 16.9. The first kappa shape index (κ1) is 33.2. The minimum absolute atomic E-state index is 0.103. The number of carbonyl (C=O) groups is 3. The molecule has 0 unspecified atom stereocenters. The van der Waals surface area contributed by atoms with Crippen molar-refractivity contribution >= 4 is 34.4 Å². The molecule has 3 heterocycles. The van der Waals surface area contributed by atoms with E-state index >= 15 is 0 Å². The van der Waals surface area contributed by atoms with E-state index < -0.39 is 12.0 Å². The predicted octanol–water partition coefficient (Wildman–Crippen LogP) is 6.30. The first-order chi connectivity index (χ1) is 23.2. The number of aromatic amines is 1. The highest BCUT2D eigenvalue weighted by atomic mass is 19.1. The Morgan fingerprint density at radius 3 is 2.35 bits per heavy atom. The molecule has 3 N–H and O–H groups in total. The van der Waals surface area contributed by atoms with Crippen LogP contribution in [-0.4, -0.2) is 83.8 Å². The summed E-state index contributed by atoms with van der Waals surface area (Å²) < 4.78 is 13.5. The number of rotatable bonds is 9. The molecule has 0 saturated carbocycles. The summed E-state index contributed by atoms with van der Waals surface area (Å²) in [6, 6.07) is 18.8. The molecule has 2 aliphatic heterocycles. The number of likely N-dealkylation sites (tertiary alicyclic amines) is 2. The average Bonchev–Trinajstić information content (AvgIpc) is 3.78. The van der Waals surface area contributed by atoms with Crippen LogP contribution in [0.4, 0.5) is 14.9 Å². The fourth-order valence-corrected chi connectivity index (χ4v) is 7.09. The van der Waals surface area contributed by atoms with Gasteiger partial charge in [0.2, 0.25) is 5.91 Å². The maximum Gasteiger partial charge on any atom is 0.318 e. The minimum Gasteiger partial charge on any atom is -0.361 e. The largest absolute Gasteiger partial charge is 0.361 e. The lowest BCUT2D eigenvalue weighted by Crippen LogP contribution is -2.53. The number of piperidine rings is 1. The van der Waals surface area contributed by atoms with Gasteiger partial charge in [0.1, 0.15) is 11.9 Å². The standard InChI is InChI=1S/C38H45FN6O3/c1-25(32-23-40-33-9-5-4-8-30(32)33)35(42-38(48)45-20-16-28(17-21-45)27-11-13-29(39)14-12-27)36(46)41-34-22-26(24-43(2)3)10-15-31(34)37(47)44-18-6-7-19-44/h4-5,8-15,22-23,25,28,35,40H,6-7,16-21,24H2,1-3H3,(H,41,46)(H,42,48)/t25-,35-/m1/s1. The van der Waals surface area contributed by atoms with Crippen molar-refractivity contribution in [1.82, 2.24) is 25.0 Å². The molecule has 252 valence electrons. The molecule has 9 nitrogen and oxygen atoms in total. The van der Waals surface area contributed by atoms with Crippen LogP contribution in [-0.2, 0) is 11.3 Å². The average molecular weight is 653 g/mol. The summed E-state index contributed by atoms with van der Waals surface area (Å²) in [6.45, 7) is 5.01. The number of para-hydroxylation sites is 1. The summed E-state index contributed by atoms with van der Waals surface area (Å²) in [4.78, 5) is 50.7. The third-order valence-corrected chi connectivity index (χ3v) is 9.76. The molecule has 2 aliphatic rings. The van der Waals surface area contributed by atoms with Gasteiger partial charge in [-0.1, -0.05) is 43.3 Å². The number of anilines is 1. The van der Waals surface area contributed by atoms with Gasteiger partial charge in [0, 0.05) is 55.7 Å². The topological polar surface area (TPSA) is 101 Å². The lowest BCUT2D eigenvalue weighted by Gasteiger charge is -2.34. The molecule has 4 aromatic rings. The van der Waals surface area contributed by atoms with Gasteiger partial charge in [-0.3, -0.25) is 9.59 Å². The molecule has 48 heavy (non-hydrogen) atoms. The number of nitrogens with zero attached hydrogens (tertiary/aromatic N) is 3. The third kappa shape index (κ3) is 7.39. The molecular formula is C38H45FN6O3. The lowest BCUT2D eigenvalue weighted by atomic mass is 9.89. The van der Waals surface area contributed by atoms with Gasteiger partial charge in [-0.05, 0) is 92.7 Å². The van der Waals surface area contributed by atoms with Crippen molar-refractivity contribution in [2.45, 2.75) is 57.0 Å². The second kappa shape index (κ2) is 14.6. The number of carbonyl (C=O) groups excluding carboxylic acids is 3. The van der Waals surface area contributed by atoms with Gasteiger partial charge in [0.15, 0.2) is 0 Å². The molecule has 2 fully saturated rings. The Kier molecular flexibility index (Phi) is 10.1. The highest BCUT2D eigenvalue weighted by Crippen LogP contribution is 2.31. The summed E-state index contributed by atoms with van der Waals surface area (Å²) in [6.07, 6.45) is 5.31. The van der Waals surface area contributed by atoms with Gasteiger partial charge in [0.05, 0.1) is 11.3 Å². The van der Waals surface area contributed by atoms with Crippen LogP contribution in [0.1, 0.15) is 71.5 Å². The Morgan fingerprint density at radius 2 is 1.65 bits per heavy atom.